The van der Waals surface area contributed by atoms with Crippen LogP contribution in [0.1, 0.15) is 11.4 Å². The Kier molecular flexibility index (Phi) is 4.08. The highest BCUT2D eigenvalue weighted by Gasteiger charge is 2.14. The van der Waals surface area contributed by atoms with Crippen molar-refractivity contribution < 1.29 is 4.74 Å². The van der Waals surface area contributed by atoms with Crippen molar-refractivity contribution in [1.29, 1.82) is 0 Å². The van der Waals surface area contributed by atoms with Gasteiger partial charge < -0.3 is 9.64 Å². The zero-order chi connectivity index (χ0) is 13.8. The minimum absolute atomic E-state index is 0.477. The highest BCUT2D eigenvalue weighted by molar-refractivity contribution is 6.29. The number of morpholine rings is 1. The average Bonchev–Trinajstić information content (AvgIpc) is 2.49. The lowest BCUT2D eigenvalue weighted by atomic mass is 10.2. The highest BCUT2D eigenvalue weighted by atomic mass is 35.5. The van der Waals surface area contributed by atoms with Gasteiger partial charge in [0.15, 0.2) is 0 Å². The van der Waals surface area contributed by atoms with Gasteiger partial charge in [0.2, 0.25) is 0 Å². The summed E-state index contributed by atoms with van der Waals surface area (Å²) in [6.45, 7) is 3.12. The summed E-state index contributed by atoms with van der Waals surface area (Å²) in [5.74, 6) is 1.60. The van der Waals surface area contributed by atoms with Crippen LogP contribution in [0.15, 0.2) is 30.6 Å². The van der Waals surface area contributed by atoms with Crippen molar-refractivity contribution in [2.24, 2.45) is 0 Å². The van der Waals surface area contributed by atoms with Crippen LogP contribution in [0, 0.1) is 0 Å². The predicted octanol–water partition coefficient (Wildman–Crippen LogP) is 1.95. The van der Waals surface area contributed by atoms with Crippen LogP contribution in [0.5, 0.6) is 0 Å². The Balaban J connectivity index is 1.82. The van der Waals surface area contributed by atoms with E-state index in [1.807, 2.05) is 18.2 Å². The minimum Gasteiger partial charge on any atom is -0.378 e. The van der Waals surface area contributed by atoms with E-state index < -0.39 is 0 Å². The Morgan fingerprint density at radius 3 is 2.65 bits per heavy atom. The van der Waals surface area contributed by atoms with Gasteiger partial charge in [0.25, 0.3) is 0 Å². The van der Waals surface area contributed by atoms with Gasteiger partial charge in [-0.2, -0.15) is 0 Å². The standard InChI is InChI=1S/C14H15ClN4O/c15-12-10-14(19-5-7-20-8-6-19)18-13(17-12)9-11-1-3-16-4-2-11/h1-4,10H,5-9H2. The van der Waals surface area contributed by atoms with E-state index in [1.165, 1.54) is 0 Å². The first-order valence-electron chi connectivity index (χ1n) is 6.56. The first-order chi connectivity index (χ1) is 9.81. The number of rotatable bonds is 3. The fourth-order valence-electron chi connectivity index (χ4n) is 2.17. The van der Waals surface area contributed by atoms with Gasteiger partial charge in [-0.05, 0) is 17.7 Å². The molecule has 0 N–H and O–H groups in total. The predicted molar refractivity (Wildman–Crippen MR) is 77.1 cm³/mol. The molecule has 3 rings (SSSR count). The number of pyridine rings is 1. The van der Waals surface area contributed by atoms with E-state index in [4.69, 9.17) is 16.3 Å². The second-order valence-corrected chi connectivity index (χ2v) is 4.98. The Morgan fingerprint density at radius 1 is 1.15 bits per heavy atom. The van der Waals surface area contributed by atoms with Gasteiger partial charge in [0, 0.05) is 38.0 Å². The maximum Gasteiger partial charge on any atom is 0.136 e. The summed E-state index contributed by atoms with van der Waals surface area (Å²) in [6, 6.07) is 5.72. The molecule has 6 heteroatoms. The van der Waals surface area contributed by atoms with Gasteiger partial charge in [-0.15, -0.1) is 0 Å². The highest BCUT2D eigenvalue weighted by Crippen LogP contribution is 2.18. The Hall–Kier alpha value is -1.72. The van der Waals surface area contributed by atoms with Crippen molar-refractivity contribution in [2.75, 3.05) is 31.2 Å². The van der Waals surface area contributed by atoms with Crippen LogP contribution in [-0.2, 0) is 11.2 Å². The largest absolute Gasteiger partial charge is 0.378 e. The van der Waals surface area contributed by atoms with Crippen molar-refractivity contribution >= 4 is 17.4 Å². The number of halogens is 1. The van der Waals surface area contributed by atoms with Gasteiger partial charge in [-0.1, -0.05) is 11.6 Å². The number of anilines is 1. The first kappa shape index (κ1) is 13.3. The van der Waals surface area contributed by atoms with E-state index in [0.29, 0.717) is 11.6 Å². The van der Waals surface area contributed by atoms with E-state index in [0.717, 1.165) is 43.5 Å². The third-order valence-electron chi connectivity index (χ3n) is 3.17. The molecule has 20 heavy (non-hydrogen) atoms. The molecule has 1 saturated heterocycles. The van der Waals surface area contributed by atoms with Crippen LogP contribution in [0.2, 0.25) is 5.15 Å². The minimum atomic E-state index is 0.477. The zero-order valence-corrected chi connectivity index (χ0v) is 11.8. The molecule has 0 atom stereocenters. The summed E-state index contributed by atoms with van der Waals surface area (Å²) in [5.41, 5.74) is 1.12. The van der Waals surface area contributed by atoms with E-state index in [-0.39, 0.29) is 0 Å². The lowest BCUT2D eigenvalue weighted by Crippen LogP contribution is -2.37. The van der Waals surface area contributed by atoms with Crippen molar-refractivity contribution in [3.8, 4) is 0 Å². The fourth-order valence-corrected chi connectivity index (χ4v) is 2.36. The van der Waals surface area contributed by atoms with Crippen molar-refractivity contribution in [2.45, 2.75) is 6.42 Å². The molecular weight excluding hydrogens is 276 g/mol. The quantitative estimate of drug-likeness (QED) is 0.809. The molecule has 0 spiro atoms. The van der Waals surface area contributed by atoms with Crippen LogP contribution in [0.4, 0.5) is 5.82 Å². The Labute approximate surface area is 122 Å². The molecule has 0 aliphatic carbocycles. The molecule has 0 amide bonds. The Bertz CT molecular complexity index is 573. The molecule has 0 saturated carbocycles. The molecule has 1 aliphatic rings. The van der Waals surface area contributed by atoms with Crippen molar-refractivity contribution in [3.05, 3.63) is 47.1 Å². The van der Waals surface area contributed by atoms with Crippen LogP contribution < -0.4 is 4.90 Å². The lowest BCUT2D eigenvalue weighted by molar-refractivity contribution is 0.122. The van der Waals surface area contributed by atoms with Gasteiger partial charge in [0.05, 0.1) is 13.2 Å². The summed E-state index contributed by atoms with van der Waals surface area (Å²) >= 11 is 6.11. The molecule has 0 radical (unpaired) electrons. The molecule has 1 fully saturated rings. The molecule has 0 unspecified atom stereocenters. The number of hydrogen-bond acceptors (Lipinski definition) is 5. The third-order valence-corrected chi connectivity index (χ3v) is 3.37. The first-order valence-corrected chi connectivity index (χ1v) is 6.94. The smallest absolute Gasteiger partial charge is 0.136 e. The summed E-state index contributed by atoms with van der Waals surface area (Å²) in [4.78, 5) is 15.1. The van der Waals surface area contributed by atoms with Crippen LogP contribution >= 0.6 is 11.6 Å². The maximum atomic E-state index is 6.11. The number of hydrogen-bond donors (Lipinski definition) is 0. The second-order valence-electron chi connectivity index (χ2n) is 4.60. The molecule has 3 heterocycles. The lowest BCUT2D eigenvalue weighted by Gasteiger charge is -2.28. The summed E-state index contributed by atoms with van der Waals surface area (Å²) < 4.78 is 5.35. The Morgan fingerprint density at radius 2 is 1.90 bits per heavy atom. The van der Waals surface area contributed by atoms with E-state index in [2.05, 4.69) is 19.9 Å². The summed E-state index contributed by atoms with van der Waals surface area (Å²) in [5, 5.41) is 0.477. The number of aromatic nitrogens is 3. The normalized spacial score (nSPS) is 15.3. The van der Waals surface area contributed by atoms with Gasteiger partial charge >= 0.3 is 0 Å². The average molecular weight is 291 g/mol. The van der Waals surface area contributed by atoms with E-state index in [9.17, 15) is 0 Å². The number of ether oxygens (including phenoxy) is 1. The van der Waals surface area contributed by atoms with Gasteiger partial charge in [-0.3, -0.25) is 4.98 Å². The molecule has 104 valence electrons. The molecule has 1 aliphatic heterocycles. The van der Waals surface area contributed by atoms with Gasteiger partial charge in [0.1, 0.15) is 16.8 Å². The van der Waals surface area contributed by atoms with E-state index in [1.54, 1.807) is 12.4 Å². The third kappa shape index (κ3) is 3.23. The molecule has 5 nitrogen and oxygen atoms in total. The second kappa shape index (κ2) is 6.15. The molecule has 2 aromatic rings. The van der Waals surface area contributed by atoms with E-state index >= 15 is 0 Å². The monoisotopic (exact) mass is 290 g/mol. The molecular formula is C14H15ClN4O. The van der Waals surface area contributed by atoms with Crippen LogP contribution in [0.3, 0.4) is 0 Å². The zero-order valence-electron chi connectivity index (χ0n) is 11.0. The number of nitrogens with zero attached hydrogens (tertiary/aromatic N) is 4. The van der Waals surface area contributed by atoms with Crippen molar-refractivity contribution in [3.63, 3.8) is 0 Å². The van der Waals surface area contributed by atoms with Crippen LogP contribution in [-0.4, -0.2) is 41.3 Å². The SMILES string of the molecule is Clc1cc(N2CCOCC2)nc(Cc2ccncc2)n1. The summed E-state index contributed by atoms with van der Waals surface area (Å²) in [6.07, 6.45) is 4.19. The molecule has 2 aromatic heterocycles. The maximum absolute atomic E-state index is 6.11. The van der Waals surface area contributed by atoms with Gasteiger partial charge in [-0.25, -0.2) is 9.97 Å². The topological polar surface area (TPSA) is 51.1 Å². The fraction of sp³-hybridized carbons (Fsp3) is 0.357. The van der Waals surface area contributed by atoms with Crippen LogP contribution in [0.25, 0.3) is 0 Å². The summed E-state index contributed by atoms with van der Waals surface area (Å²) in [7, 11) is 0. The molecule has 0 bridgehead atoms. The molecule has 0 aromatic carbocycles. The van der Waals surface area contributed by atoms with Crippen molar-refractivity contribution in [1.82, 2.24) is 15.0 Å².